The van der Waals surface area contributed by atoms with Gasteiger partial charge in [0.2, 0.25) is 0 Å². The summed E-state index contributed by atoms with van der Waals surface area (Å²) >= 11 is 1.76. The van der Waals surface area contributed by atoms with E-state index in [0.717, 1.165) is 50.0 Å². The van der Waals surface area contributed by atoms with Crippen LogP contribution < -0.4 is 10.6 Å². The van der Waals surface area contributed by atoms with Crippen LogP contribution in [0.4, 0.5) is 0 Å². The van der Waals surface area contributed by atoms with Gasteiger partial charge in [0.1, 0.15) is 5.01 Å². The minimum Gasteiger partial charge on any atom is -0.355 e. The highest BCUT2D eigenvalue weighted by molar-refractivity contribution is 14.0. The number of guanidine groups is 1. The SMILES string of the molecule is CCc1cnc(CNC(=NC)NCC(C)N2CCc3ccccc3C2)s1.I. The average molecular weight is 499 g/mol. The van der Waals surface area contributed by atoms with E-state index in [9.17, 15) is 0 Å². The zero-order valence-corrected chi connectivity index (χ0v) is 19.5. The summed E-state index contributed by atoms with van der Waals surface area (Å²) in [4.78, 5) is 12.6. The van der Waals surface area contributed by atoms with Crippen molar-refractivity contribution in [1.82, 2.24) is 20.5 Å². The van der Waals surface area contributed by atoms with Gasteiger partial charge in [-0.15, -0.1) is 35.3 Å². The Morgan fingerprint density at radius 2 is 2.07 bits per heavy atom. The van der Waals surface area contributed by atoms with Crippen molar-refractivity contribution in [2.45, 2.75) is 45.8 Å². The molecule has 1 aliphatic heterocycles. The van der Waals surface area contributed by atoms with E-state index < -0.39 is 0 Å². The van der Waals surface area contributed by atoms with E-state index >= 15 is 0 Å². The zero-order chi connectivity index (χ0) is 18.4. The second kappa shape index (κ2) is 11.0. The van der Waals surface area contributed by atoms with Gasteiger partial charge in [0, 0.05) is 43.8 Å². The van der Waals surface area contributed by atoms with Crippen molar-refractivity contribution in [2.75, 3.05) is 20.1 Å². The van der Waals surface area contributed by atoms with Gasteiger partial charge < -0.3 is 10.6 Å². The van der Waals surface area contributed by atoms with Crippen LogP contribution in [0.15, 0.2) is 35.5 Å². The predicted molar refractivity (Wildman–Crippen MR) is 125 cm³/mol. The molecule has 7 heteroatoms. The second-order valence-corrected chi connectivity index (χ2v) is 7.92. The first-order valence-corrected chi connectivity index (χ1v) is 10.2. The zero-order valence-electron chi connectivity index (χ0n) is 16.4. The molecule has 0 bridgehead atoms. The minimum atomic E-state index is 0. The molecule has 2 N–H and O–H groups in total. The van der Waals surface area contributed by atoms with E-state index in [2.05, 4.69) is 63.6 Å². The maximum absolute atomic E-state index is 4.45. The molecule has 1 aliphatic rings. The lowest BCUT2D eigenvalue weighted by atomic mass is 9.99. The van der Waals surface area contributed by atoms with Crippen molar-refractivity contribution < 1.29 is 0 Å². The molecular formula is C20H30IN5S. The Hall–Kier alpha value is -1.19. The van der Waals surface area contributed by atoms with Gasteiger partial charge in [0.15, 0.2) is 5.96 Å². The Labute approximate surface area is 183 Å². The molecule has 27 heavy (non-hydrogen) atoms. The first-order chi connectivity index (χ1) is 12.7. The van der Waals surface area contributed by atoms with E-state index in [1.54, 1.807) is 11.3 Å². The largest absolute Gasteiger partial charge is 0.355 e. The summed E-state index contributed by atoms with van der Waals surface area (Å²) in [7, 11) is 1.82. The first kappa shape index (κ1) is 22.1. The molecule has 148 valence electrons. The molecule has 2 aromatic rings. The summed E-state index contributed by atoms with van der Waals surface area (Å²) in [5, 5.41) is 7.92. The van der Waals surface area contributed by atoms with E-state index in [1.807, 2.05) is 13.2 Å². The molecular weight excluding hydrogens is 469 g/mol. The van der Waals surface area contributed by atoms with E-state index in [-0.39, 0.29) is 24.0 Å². The Balaban J connectivity index is 0.00000261. The van der Waals surface area contributed by atoms with Gasteiger partial charge in [0.25, 0.3) is 0 Å². The van der Waals surface area contributed by atoms with Crippen molar-refractivity contribution >= 4 is 41.3 Å². The van der Waals surface area contributed by atoms with Gasteiger partial charge in [-0.3, -0.25) is 9.89 Å². The van der Waals surface area contributed by atoms with Crippen LogP contribution in [0.3, 0.4) is 0 Å². The fraction of sp³-hybridized carbons (Fsp3) is 0.500. The Morgan fingerprint density at radius 1 is 1.30 bits per heavy atom. The molecule has 0 saturated heterocycles. The van der Waals surface area contributed by atoms with Crippen LogP contribution in [0.2, 0.25) is 0 Å². The molecule has 1 aromatic heterocycles. The van der Waals surface area contributed by atoms with Crippen molar-refractivity contribution in [1.29, 1.82) is 0 Å². The summed E-state index contributed by atoms with van der Waals surface area (Å²) in [6.07, 6.45) is 4.15. The summed E-state index contributed by atoms with van der Waals surface area (Å²) in [5.41, 5.74) is 2.96. The van der Waals surface area contributed by atoms with E-state index in [4.69, 9.17) is 0 Å². The maximum Gasteiger partial charge on any atom is 0.191 e. The molecule has 1 aromatic carbocycles. The van der Waals surface area contributed by atoms with Gasteiger partial charge in [-0.05, 0) is 30.9 Å². The molecule has 0 radical (unpaired) electrons. The molecule has 2 heterocycles. The van der Waals surface area contributed by atoms with E-state index in [0.29, 0.717) is 6.04 Å². The van der Waals surface area contributed by atoms with Gasteiger partial charge >= 0.3 is 0 Å². The summed E-state index contributed by atoms with van der Waals surface area (Å²) in [6.45, 7) is 8.18. The number of fused-ring (bicyclic) bond motifs is 1. The fourth-order valence-corrected chi connectivity index (χ4v) is 4.04. The summed E-state index contributed by atoms with van der Waals surface area (Å²) in [6, 6.07) is 9.24. The molecule has 0 fully saturated rings. The van der Waals surface area contributed by atoms with Crippen molar-refractivity contribution in [2.24, 2.45) is 4.99 Å². The number of halogens is 1. The number of aryl methyl sites for hydroxylation is 1. The Morgan fingerprint density at radius 3 is 2.78 bits per heavy atom. The number of hydrogen-bond donors (Lipinski definition) is 2. The molecule has 0 spiro atoms. The highest BCUT2D eigenvalue weighted by atomic mass is 127. The predicted octanol–water partition coefficient (Wildman–Crippen LogP) is 3.44. The quantitative estimate of drug-likeness (QED) is 0.364. The number of thiazole rings is 1. The number of aromatic nitrogens is 1. The van der Waals surface area contributed by atoms with Gasteiger partial charge in [-0.1, -0.05) is 31.2 Å². The molecule has 1 atom stereocenters. The third kappa shape index (κ3) is 6.15. The van der Waals surface area contributed by atoms with Gasteiger partial charge in [-0.2, -0.15) is 0 Å². The third-order valence-electron chi connectivity index (χ3n) is 4.93. The van der Waals surface area contributed by atoms with E-state index in [1.165, 1.54) is 16.0 Å². The van der Waals surface area contributed by atoms with Crippen LogP contribution in [-0.4, -0.2) is 42.0 Å². The number of nitrogens with one attached hydrogen (secondary N) is 2. The number of aliphatic imine (C=N–C) groups is 1. The molecule has 0 saturated carbocycles. The number of benzene rings is 1. The smallest absolute Gasteiger partial charge is 0.191 e. The number of hydrogen-bond acceptors (Lipinski definition) is 4. The normalized spacial score (nSPS) is 15.6. The monoisotopic (exact) mass is 499 g/mol. The Kier molecular flexibility index (Phi) is 8.98. The highest BCUT2D eigenvalue weighted by Crippen LogP contribution is 2.20. The summed E-state index contributed by atoms with van der Waals surface area (Å²) in [5.74, 6) is 0.836. The van der Waals surface area contributed by atoms with Crippen LogP contribution in [-0.2, 0) is 25.9 Å². The third-order valence-corrected chi connectivity index (χ3v) is 6.07. The molecule has 0 amide bonds. The lowest BCUT2D eigenvalue weighted by Crippen LogP contribution is -2.47. The number of rotatable bonds is 6. The van der Waals surface area contributed by atoms with Crippen LogP contribution in [0.1, 0.15) is 34.9 Å². The lowest BCUT2D eigenvalue weighted by molar-refractivity contribution is 0.191. The average Bonchev–Trinajstić information content (AvgIpc) is 3.15. The molecule has 0 aliphatic carbocycles. The maximum atomic E-state index is 4.45. The highest BCUT2D eigenvalue weighted by Gasteiger charge is 2.20. The van der Waals surface area contributed by atoms with Crippen LogP contribution >= 0.6 is 35.3 Å². The molecule has 1 unspecified atom stereocenters. The first-order valence-electron chi connectivity index (χ1n) is 9.38. The topological polar surface area (TPSA) is 52.6 Å². The van der Waals surface area contributed by atoms with Crippen molar-refractivity contribution in [3.63, 3.8) is 0 Å². The van der Waals surface area contributed by atoms with Gasteiger partial charge in [0.05, 0.1) is 6.54 Å². The number of nitrogens with zero attached hydrogens (tertiary/aromatic N) is 3. The van der Waals surface area contributed by atoms with Crippen molar-refractivity contribution in [3.8, 4) is 0 Å². The lowest BCUT2D eigenvalue weighted by Gasteiger charge is -2.34. The molecule has 5 nitrogen and oxygen atoms in total. The minimum absolute atomic E-state index is 0. The van der Waals surface area contributed by atoms with Crippen LogP contribution in [0.25, 0.3) is 0 Å². The van der Waals surface area contributed by atoms with Crippen LogP contribution in [0.5, 0.6) is 0 Å². The standard InChI is InChI=1S/C20H29N5S.HI/c1-4-18-12-22-19(26-18)13-24-20(21-3)23-11-15(2)25-10-9-16-7-5-6-8-17(16)14-25;/h5-8,12,15H,4,9-11,13-14H2,1-3H3,(H2,21,23,24);1H. The Bertz CT molecular complexity index is 745. The second-order valence-electron chi connectivity index (χ2n) is 6.72. The summed E-state index contributed by atoms with van der Waals surface area (Å²) < 4.78 is 0. The molecule has 3 rings (SSSR count). The van der Waals surface area contributed by atoms with Crippen LogP contribution in [0, 0.1) is 0 Å². The fourth-order valence-electron chi connectivity index (χ4n) is 3.24. The van der Waals surface area contributed by atoms with Crippen molar-refractivity contribution in [3.05, 3.63) is 51.5 Å². The van der Waals surface area contributed by atoms with Gasteiger partial charge in [-0.25, -0.2) is 4.98 Å².